The summed E-state index contributed by atoms with van der Waals surface area (Å²) in [4.78, 5) is 15.6. The van der Waals surface area contributed by atoms with Crippen LogP contribution >= 0.6 is 11.6 Å². The Morgan fingerprint density at radius 1 is 1.13 bits per heavy atom. The van der Waals surface area contributed by atoms with E-state index >= 15 is 0 Å². The summed E-state index contributed by atoms with van der Waals surface area (Å²) in [6, 6.07) is 13.3. The van der Waals surface area contributed by atoms with Crippen molar-refractivity contribution in [2.24, 2.45) is 0 Å². The number of carboxylic acid groups (broad SMARTS) is 1. The Morgan fingerprint density at radius 3 is 2.39 bits per heavy atom. The first-order chi connectivity index (χ1) is 11.0. The Kier molecular flexibility index (Phi) is 3.92. The number of aromatic nitrogens is 2. The van der Waals surface area contributed by atoms with Gasteiger partial charge in [0.2, 0.25) is 0 Å². The maximum atomic E-state index is 11.3. The molecule has 0 bridgehead atoms. The van der Waals surface area contributed by atoms with Gasteiger partial charge in [-0.15, -0.1) is 0 Å². The Morgan fingerprint density at radius 2 is 1.78 bits per heavy atom. The van der Waals surface area contributed by atoms with Crippen molar-refractivity contribution in [3.63, 3.8) is 0 Å². The quantitative estimate of drug-likeness (QED) is 0.770. The second-order valence-electron chi connectivity index (χ2n) is 5.45. The molecule has 0 fully saturated rings. The minimum atomic E-state index is -1.07. The van der Waals surface area contributed by atoms with Crippen molar-refractivity contribution >= 4 is 17.6 Å². The summed E-state index contributed by atoms with van der Waals surface area (Å²) in [6.45, 7) is 4.00. The van der Waals surface area contributed by atoms with E-state index in [2.05, 4.69) is 11.1 Å². The first-order valence-electron chi connectivity index (χ1n) is 7.12. The van der Waals surface area contributed by atoms with Crippen LogP contribution in [0.25, 0.3) is 17.1 Å². The molecule has 5 heteroatoms. The van der Waals surface area contributed by atoms with Gasteiger partial charge in [0, 0.05) is 17.4 Å². The smallest absolute Gasteiger partial charge is 0.356 e. The van der Waals surface area contributed by atoms with E-state index in [9.17, 15) is 9.90 Å². The lowest BCUT2D eigenvalue weighted by molar-refractivity contribution is 0.0691. The highest BCUT2D eigenvalue weighted by molar-refractivity contribution is 6.33. The molecule has 1 aromatic heterocycles. The van der Waals surface area contributed by atoms with Crippen LogP contribution in [0.2, 0.25) is 5.02 Å². The Hall–Kier alpha value is -2.59. The van der Waals surface area contributed by atoms with E-state index < -0.39 is 5.97 Å². The van der Waals surface area contributed by atoms with Crippen molar-refractivity contribution in [3.05, 3.63) is 70.5 Å². The molecule has 0 saturated heterocycles. The van der Waals surface area contributed by atoms with E-state index in [1.165, 1.54) is 6.20 Å². The first-order valence-corrected chi connectivity index (χ1v) is 7.50. The average Bonchev–Trinajstić information content (AvgIpc) is 2.92. The van der Waals surface area contributed by atoms with Crippen LogP contribution in [0.15, 0.2) is 48.7 Å². The lowest BCUT2D eigenvalue weighted by Crippen LogP contribution is -1.98. The number of hydrogen-bond acceptors (Lipinski definition) is 2. The molecular weight excluding hydrogens is 312 g/mol. The largest absolute Gasteiger partial charge is 0.476 e. The van der Waals surface area contributed by atoms with Gasteiger partial charge in [-0.05, 0) is 49.2 Å². The molecule has 0 saturated carbocycles. The van der Waals surface area contributed by atoms with Crippen LogP contribution in [-0.2, 0) is 0 Å². The zero-order valence-corrected chi connectivity index (χ0v) is 13.5. The summed E-state index contributed by atoms with van der Waals surface area (Å²) in [7, 11) is 0. The number of halogens is 1. The molecule has 116 valence electrons. The number of hydrogen-bond donors (Lipinski definition) is 1. The number of aryl methyl sites for hydroxylation is 2. The van der Waals surface area contributed by atoms with E-state index in [1.807, 2.05) is 44.2 Å². The number of nitrogens with zero attached hydrogens (tertiary/aromatic N) is 2. The highest BCUT2D eigenvalue weighted by atomic mass is 35.5. The molecule has 0 atom stereocenters. The van der Waals surface area contributed by atoms with Crippen molar-refractivity contribution in [1.29, 1.82) is 0 Å². The lowest BCUT2D eigenvalue weighted by Gasteiger charge is -2.11. The van der Waals surface area contributed by atoms with Crippen LogP contribution in [0.3, 0.4) is 0 Å². The molecule has 0 amide bonds. The fourth-order valence-electron chi connectivity index (χ4n) is 2.60. The molecule has 1 N–H and O–H groups in total. The molecule has 1 heterocycles. The van der Waals surface area contributed by atoms with Crippen molar-refractivity contribution < 1.29 is 9.90 Å². The third-order valence-electron chi connectivity index (χ3n) is 3.52. The van der Waals surface area contributed by atoms with Gasteiger partial charge >= 0.3 is 5.97 Å². The average molecular weight is 327 g/mol. The number of carboxylic acids is 1. The fraction of sp³-hybridized carbons (Fsp3) is 0.111. The van der Waals surface area contributed by atoms with Crippen LogP contribution in [0.1, 0.15) is 21.6 Å². The zero-order chi connectivity index (χ0) is 16.6. The second-order valence-corrected chi connectivity index (χ2v) is 5.86. The molecule has 4 nitrogen and oxygen atoms in total. The first kappa shape index (κ1) is 15.3. The van der Waals surface area contributed by atoms with Crippen molar-refractivity contribution in [2.45, 2.75) is 13.8 Å². The SMILES string of the molecule is Cc1cc(C)cc(-n2cc(C(=O)O)nc2-c2ccccc2Cl)c1. The van der Waals surface area contributed by atoms with E-state index in [0.29, 0.717) is 16.4 Å². The van der Waals surface area contributed by atoms with Crippen molar-refractivity contribution in [1.82, 2.24) is 9.55 Å². The molecule has 0 radical (unpaired) electrons. The van der Waals surface area contributed by atoms with Gasteiger partial charge in [0.1, 0.15) is 5.82 Å². The molecule has 0 spiro atoms. The molecule has 23 heavy (non-hydrogen) atoms. The third kappa shape index (κ3) is 2.98. The third-order valence-corrected chi connectivity index (χ3v) is 3.85. The molecule has 3 rings (SSSR count). The zero-order valence-electron chi connectivity index (χ0n) is 12.7. The van der Waals surface area contributed by atoms with Gasteiger partial charge in [-0.25, -0.2) is 9.78 Å². The van der Waals surface area contributed by atoms with Crippen LogP contribution in [-0.4, -0.2) is 20.6 Å². The number of benzene rings is 2. The summed E-state index contributed by atoms with van der Waals surface area (Å²) in [6.07, 6.45) is 1.52. The van der Waals surface area contributed by atoms with Gasteiger partial charge in [0.25, 0.3) is 0 Å². The Labute approximate surface area is 139 Å². The predicted molar refractivity (Wildman–Crippen MR) is 90.4 cm³/mol. The summed E-state index contributed by atoms with van der Waals surface area (Å²) in [5.74, 6) is -0.556. The highest BCUT2D eigenvalue weighted by Gasteiger charge is 2.17. The van der Waals surface area contributed by atoms with Gasteiger partial charge in [0.15, 0.2) is 5.69 Å². The number of imidazole rings is 1. The topological polar surface area (TPSA) is 55.1 Å². The summed E-state index contributed by atoms with van der Waals surface area (Å²) in [5.41, 5.74) is 3.73. The van der Waals surface area contributed by atoms with Gasteiger partial charge in [-0.2, -0.15) is 0 Å². The van der Waals surface area contributed by atoms with E-state index in [-0.39, 0.29) is 5.69 Å². The van der Waals surface area contributed by atoms with Gasteiger partial charge in [-0.3, -0.25) is 4.57 Å². The number of aromatic carboxylic acids is 1. The molecule has 0 aliphatic rings. The normalized spacial score (nSPS) is 10.7. The Balaban J connectivity index is 2.27. The standard InChI is InChI=1S/C18H15ClN2O2/c1-11-7-12(2)9-13(8-11)21-10-16(18(22)23)20-17(21)14-5-3-4-6-15(14)19/h3-10H,1-2H3,(H,22,23). The number of rotatable bonds is 3. The maximum Gasteiger partial charge on any atom is 0.356 e. The second kappa shape index (κ2) is 5.89. The van der Waals surface area contributed by atoms with Crippen LogP contribution < -0.4 is 0 Å². The minimum absolute atomic E-state index is 0.0147. The lowest BCUT2D eigenvalue weighted by atomic mass is 10.1. The van der Waals surface area contributed by atoms with Crippen LogP contribution in [0.4, 0.5) is 0 Å². The molecule has 0 unspecified atom stereocenters. The van der Waals surface area contributed by atoms with E-state index in [1.54, 1.807) is 10.6 Å². The predicted octanol–water partition coefficient (Wildman–Crippen LogP) is 4.51. The molecule has 0 aliphatic carbocycles. The van der Waals surface area contributed by atoms with Crippen LogP contribution in [0, 0.1) is 13.8 Å². The van der Waals surface area contributed by atoms with E-state index in [4.69, 9.17) is 11.6 Å². The van der Waals surface area contributed by atoms with E-state index in [0.717, 1.165) is 16.8 Å². The van der Waals surface area contributed by atoms with Gasteiger partial charge < -0.3 is 5.11 Å². The summed E-state index contributed by atoms with van der Waals surface area (Å²) >= 11 is 6.27. The number of carbonyl (C=O) groups is 1. The molecule has 3 aromatic rings. The molecule has 0 aliphatic heterocycles. The minimum Gasteiger partial charge on any atom is -0.476 e. The summed E-state index contributed by atoms with van der Waals surface area (Å²) in [5, 5.41) is 9.81. The monoisotopic (exact) mass is 326 g/mol. The fourth-order valence-corrected chi connectivity index (χ4v) is 2.82. The Bertz CT molecular complexity index is 880. The van der Waals surface area contributed by atoms with Crippen molar-refractivity contribution in [2.75, 3.05) is 0 Å². The molecule has 2 aromatic carbocycles. The molecular formula is C18H15ClN2O2. The van der Waals surface area contributed by atoms with Gasteiger partial charge in [0.05, 0.1) is 5.02 Å². The highest BCUT2D eigenvalue weighted by Crippen LogP contribution is 2.29. The van der Waals surface area contributed by atoms with Crippen LogP contribution in [0.5, 0.6) is 0 Å². The summed E-state index contributed by atoms with van der Waals surface area (Å²) < 4.78 is 1.77. The van der Waals surface area contributed by atoms with Crippen molar-refractivity contribution in [3.8, 4) is 17.1 Å². The maximum absolute atomic E-state index is 11.3. The van der Waals surface area contributed by atoms with Gasteiger partial charge in [-0.1, -0.05) is 29.8 Å².